The van der Waals surface area contributed by atoms with E-state index in [-0.39, 0.29) is 5.82 Å². The summed E-state index contributed by atoms with van der Waals surface area (Å²) in [5.74, 6) is 1.28. The molecule has 1 rings (SSSR count). The zero-order chi connectivity index (χ0) is 15.9. The third kappa shape index (κ3) is 10.3. The molecule has 1 aromatic carbocycles. The maximum atomic E-state index is 13.4. The first-order valence-electron chi connectivity index (χ1n) is 9.07. The Bertz CT molecular complexity index is 364. The number of thioether (sulfide) groups is 1. The SMILES string of the molecule is CSCCCCCCCCCCCCCc1ccccc1F. The molecule has 0 saturated heterocycles. The molecule has 0 N–H and O–H groups in total. The van der Waals surface area contributed by atoms with Crippen LogP contribution in [0, 0.1) is 5.82 Å². The average Bonchev–Trinajstić information content (AvgIpc) is 2.53. The predicted molar refractivity (Wildman–Crippen MR) is 99.3 cm³/mol. The van der Waals surface area contributed by atoms with Gasteiger partial charge in [0.2, 0.25) is 0 Å². The van der Waals surface area contributed by atoms with Crippen LogP contribution >= 0.6 is 11.8 Å². The van der Waals surface area contributed by atoms with Gasteiger partial charge in [0.05, 0.1) is 0 Å². The van der Waals surface area contributed by atoms with Crippen molar-refractivity contribution < 1.29 is 4.39 Å². The van der Waals surface area contributed by atoms with Crippen LogP contribution < -0.4 is 0 Å². The summed E-state index contributed by atoms with van der Waals surface area (Å²) in [6.07, 6.45) is 17.9. The van der Waals surface area contributed by atoms with Gasteiger partial charge in [-0.05, 0) is 42.9 Å². The standard InChI is InChI=1S/C20H33FS/c1-22-18-14-10-8-6-4-2-3-5-7-9-11-15-19-16-12-13-17-20(19)21/h12-13,16-17H,2-11,14-15,18H2,1H3. The van der Waals surface area contributed by atoms with E-state index in [1.807, 2.05) is 23.9 Å². The smallest absolute Gasteiger partial charge is 0.126 e. The molecule has 0 aliphatic heterocycles. The number of aryl methyl sites for hydroxylation is 1. The van der Waals surface area contributed by atoms with Gasteiger partial charge in [0, 0.05) is 0 Å². The van der Waals surface area contributed by atoms with Gasteiger partial charge in [-0.1, -0.05) is 76.0 Å². The summed E-state index contributed by atoms with van der Waals surface area (Å²) < 4.78 is 13.4. The highest BCUT2D eigenvalue weighted by Gasteiger charge is 2.00. The van der Waals surface area contributed by atoms with E-state index >= 15 is 0 Å². The average molecular weight is 325 g/mol. The molecule has 0 aromatic heterocycles. The van der Waals surface area contributed by atoms with Crippen molar-refractivity contribution in [2.75, 3.05) is 12.0 Å². The molecule has 126 valence electrons. The number of hydrogen-bond donors (Lipinski definition) is 0. The fourth-order valence-electron chi connectivity index (χ4n) is 2.85. The Kier molecular flexibility index (Phi) is 12.5. The minimum absolute atomic E-state index is 0.0416. The molecule has 0 fully saturated rings. The molecule has 0 bridgehead atoms. The first-order chi connectivity index (χ1) is 10.8. The molecule has 0 aliphatic rings. The van der Waals surface area contributed by atoms with Crippen LogP contribution in [0.3, 0.4) is 0 Å². The van der Waals surface area contributed by atoms with Gasteiger partial charge in [-0.2, -0.15) is 11.8 Å². The van der Waals surface area contributed by atoms with Gasteiger partial charge in [-0.25, -0.2) is 4.39 Å². The van der Waals surface area contributed by atoms with Crippen molar-refractivity contribution in [1.82, 2.24) is 0 Å². The molecule has 0 heterocycles. The van der Waals surface area contributed by atoms with Gasteiger partial charge >= 0.3 is 0 Å². The summed E-state index contributed by atoms with van der Waals surface area (Å²) in [4.78, 5) is 0. The molecule has 0 unspecified atom stereocenters. The van der Waals surface area contributed by atoms with Gasteiger partial charge in [0.25, 0.3) is 0 Å². The number of halogens is 1. The molecule has 22 heavy (non-hydrogen) atoms. The lowest BCUT2D eigenvalue weighted by atomic mass is 10.0. The van der Waals surface area contributed by atoms with Crippen molar-refractivity contribution >= 4 is 11.8 Å². The topological polar surface area (TPSA) is 0 Å². The highest BCUT2D eigenvalue weighted by atomic mass is 32.2. The second kappa shape index (κ2) is 14.1. The lowest BCUT2D eigenvalue weighted by Gasteiger charge is -2.04. The zero-order valence-corrected chi connectivity index (χ0v) is 15.1. The minimum atomic E-state index is -0.0416. The van der Waals surface area contributed by atoms with E-state index in [1.165, 1.54) is 70.0 Å². The maximum Gasteiger partial charge on any atom is 0.126 e. The van der Waals surface area contributed by atoms with Gasteiger partial charge in [-0.3, -0.25) is 0 Å². The molecule has 0 amide bonds. The fraction of sp³-hybridized carbons (Fsp3) is 0.700. The van der Waals surface area contributed by atoms with Gasteiger partial charge in [-0.15, -0.1) is 0 Å². The number of benzene rings is 1. The largest absolute Gasteiger partial charge is 0.207 e. The molecule has 0 saturated carbocycles. The van der Waals surface area contributed by atoms with E-state index in [0.29, 0.717) is 0 Å². The molecule has 0 spiro atoms. The van der Waals surface area contributed by atoms with Crippen molar-refractivity contribution in [3.05, 3.63) is 35.6 Å². The summed E-state index contributed by atoms with van der Waals surface area (Å²) in [7, 11) is 0. The molecule has 2 heteroatoms. The number of hydrogen-bond acceptors (Lipinski definition) is 1. The number of unbranched alkanes of at least 4 members (excludes halogenated alkanes) is 10. The summed E-state index contributed by atoms with van der Waals surface area (Å²) >= 11 is 1.96. The van der Waals surface area contributed by atoms with E-state index in [0.717, 1.165) is 18.4 Å². The summed E-state index contributed by atoms with van der Waals surface area (Å²) in [6, 6.07) is 7.17. The Hall–Kier alpha value is -0.500. The number of rotatable bonds is 14. The maximum absolute atomic E-state index is 13.4. The fourth-order valence-corrected chi connectivity index (χ4v) is 3.35. The van der Waals surface area contributed by atoms with E-state index in [9.17, 15) is 4.39 Å². The molecule has 0 aliphatic carbocycles. The third-order valence-corrected chi connectivity index (χ3v) is 4.95. The second-order valence-corrected chi connectivity index (χ2v) is 7.21. The van der Waals surface area contributed by atoms with Crippen molar-refractivity contribution in [3.63, 3.8) is 0 Å². The van der Waals surface area contributed by atoms with Crippen molar-refractivity contribution in [2.24, 2.45) is 0 Å². The first kappa shape index (κ1) is 19.5. The summed E-state index contributed by atoms with van der Waals surface area (Å²) in [6.45, 7) is 0. The van der Waals surface area contributed by atoms with Crippen molar-refractivity contribution in [2.45, 2.75) is 77.0 Å². The summed E-state index contributed by atoms with van der Waals surface area (Å²) in [5.41, 5.74) is 0.879. The molecule has 0 atom stereocenters. The molecule has 0 radical (unpaired) electrons. The molecular formula is C20H33FS. The third-order valence-electron chi connectivity index (χ3n) is 4.25. The Morgan fingerprint density at radius 2 is 1.23 bits per heavy atom. The Morgan fingerprint density at radius 3 is 1.77 bits per heavy atom. The van der Waals surface area contributed by atoms with Crippen molar-refractivity contribution in [1.29, 1.82) is 0 Å². The van der Waals surface area contributed by atoms with Gasteiger partial charge in [0.1, 0.15) is 5.82 Å². The van der Waals surface area contributed by atoms with Crippen LogP contribution in [0.2, 0.25) is 0 Å². The van der Waals surface area contributed by atoms with Crippen LogP contribution in [0.5, 0.6) is 0 Å². The molecule has 0 nitrogen and oxygen atoms in total. The van der Waals surface area contributed by atoms with E-state index in [1.54, 1.807) is 12.1 Å². The van der Waals surface area contributed by atoms with Crippen LogP contribution in [0.1, 0.15) is 76.2 Å². The quantitative estimate of drug-likeness (QED) is 0.331. The van der Waals surface area contributed by atoms with Crippen LogP contribution in [0.4, 0.5) is 4.39 Å². The van der Waals surface area contributed by atoms with E-state index in [2.05, 4.69) is 6.26 Å². The van der Waals surface area contributed by atoms with Crippen molar-refractivity contribution in [3.8, 4) is 0 Å². The first-order valence-corrected chi connectivity index (χ1v) is 10.5. The lowest BCUT2D eigenvalue weighted by molar-refractivity contribution is 0.546. The highest BCUT2D eigenvalue weighted by Crippen LogP contribution is 2.14. The highest BCUT2D eigenvalue weighted by molar-refractivity contribution is 7.98. The van der Waals surface area contributed by atoms with Gasteiger partial charge in [0.15, 0.2) is 0 Å². The van der Waals surface area contributed by atoms with Gasteiger partial charge < -0.3 is 0 Å². The second-order valence-electron chi connectivity index (χ2n) is 6.22. The predicted octanol–water partition coefficient (Wildman–Crippen LogP) is 7.02. The van der Waals surface area contributed by atoms with Crippen LogP contribution in [0.15, 0.2) is 24.3 Å². The van der Waals surface area contributed by atoms with E-state index < -0.39 is 0 Å². The Labute approximate surface area is 141 Å². The Morgan fingerprint density at radius 1 is 0.727 bits per heavy atom. The minimum Gasteiger partial charge on any atom is -0.207 e. The van der Waals surface area contributed by atoms with Crippen LogP contribution in [-0.2, 0) is 6.42 Å². The molecule has 1 aromatic rings. The lowest BCUT2D eigenvalue weighted by Crippen LogP contribution is -1.90. The van der Waals surface area contributed by atoms with E-state index in [4.69, 9.17) is 0 Å². The molecular weight excluding hydrogens is 291 g/mol. The van der Waals surface area contributed by atoms with Crippen LogP contribution in [0.25, 0.3) is 0 Å². The monoisotopic (exact) mass is 324 g/mol. The Balaban J connectivity index is 1.81. The normalized spacial score (nSPS) is 11.0. The van der Waals surface area contributed by atoms with Crippen LogP contribution in [-0.4, -0.2) is 12.0 Å². The summed E-state index contributed by atoms with van der Waals surface area (Å²) in [5, 5.41) is 0. The zero-order valence-electron chi connectivity index (χ0n) is 14.3.